The van der Waals surface area contributed by atoms with Crippen LogP contribution in [-0.4, -0.2) is 53.2 Å². The smallest absolute Gasteiger partial charge is 0.407 e. The van der Waals surface area contributed by atoms with Crippen molar-refractivity contribution in [2.24, 2.45) is 5.92 Å². The summed E-state index contributed by atoms with van der Waals surface area (Å²) in [6.45, 7) is 4.11. The molecule has 1 saturated heterocycles. The number of amides is 2. The molecule has 0 aromatic heterocycles. The molecule has 0 bridgehead atoms. The molecule has 2 N–H and O–H groups in total. The normalized spacial score (nSPS) is 19.5. The molecular weight excluding hydrogens is 444 g/mol. The molecule has 7 heteroatoms. The van der Waals surface area contributed by atoms with Gasteiger partial charge < -0.3 is 20.1 Å². The Morgan fingerprint density at radius 1 is 0.971 bits per heavy atom. The largest absolute Gasteiger partial charge is 0.480 e. The molecule has 7 nitrogen and oxygen atoms in total. The number of nitrogens with one attached hydrogen (secondary N) is 1. The molecule has 0 spiro atoms. The summed E-state index contributed by atoms with van der Waals surface area (Å²) >= 11 is 0. The van der Waals surface area contributed by atoms with E-state index in [1.807, 2.05) is 24.3 Å². The quantitative estimate of drug-likeness (QED) is 0.622. The Bertz CT molecular complexity index is 1040. The van der Waals surface area contributed by atoms with Gasteiger partial charge in [-0.15, -0.1) is 0 Å². The zero-order chi connectivity index (χ0) is 24.9. The van der Waals surface area contributed by atoms with Crippen LogP contribution in [0.1, 0.15) is 63.0 Å². The fourth-order valence-electron chi connectivity index (χ4n) is 5.23. The standard InChI is InChI=1S/C28H34N2O5/c1-18(26(31)30-16-10-4-3-5-15-25(30)27(32)33)19(2)29-28(34)35-17-24-22-13-8-6-11-20(22)21-12-7-9-14-23(21)24/h6-9,11-14,18-19,24-25H,3-5,10,15-17H2,1-2H3,(H,29,34)(H,32,33). The molecule has 4 rings (SSSR count). The average Bonchev–Trinajstić information content (AvgIpc) is 3.15. The number of hydrogen-bond donors (Lipinski definition) is 2. The third kappa shape index (κ3) is 5.34. The van der Waals surface area contributed by atoms with Gasteiger partial charge in [-0.2, -0.15) is 0 Å². The second kappa shape index (κ2) is 10.9. The third-order valence-electron chi connectivity index (χ3n) is 7.40. The van der Waals surface area contributed by atoms with Gasteiger partial charge in [-0.1, -0.05) is 74.7 Å². The number of ether oxygens (including phenoxy) is 1. The van der Waals surface area contributed by atoms with Crippen LogP contribution in [0.15, 0.2) is 48.5 Å². The van der Waals surface area contributed by atoms with Crippen molar-refractivity contribution in [2.75, 3.05) is 13.2 Å². The first-order valence-electron chi connectivity index (χ1n) is 12.5. The summed E-state index contributed by atoms with van der Waals surface area (Å²) in [5.41, 5.74) is 4.58. The lowest BCUT2D eigenvalue weighted by Gasteiger charge is -2.34. The van der Waals surface area contributed by atoms with Crippen molar-refractivity contribution in [2.45, 2.75) is 64.0 Å². The van der Waals surface area contributed by atoms with Crippen molar-refractivity contribution in [3.05, 3.63) is 59.7 Å². The molecule has 2 aromatic rings. The number of rotatable bonds is 6. The van der Waals surface area contributed by atoms with Gasteiger partial charge in [0.25, 0.3) is 0 Å². The Kier molecular flexibility index (Phi) is 7.73. The fourth-order valence-corrected chi connectivity index (χ4v) is 5.23. The lowest BCUT2D eigenvalue weighted by atomic mass is 9.97. The Morgan fingerprint density at radius 3 is 2.20 bits per heavy atom. The second-order valence-corrected chi connectivity index (χ2v) is 9.64. The van der Waals surface area contributed by atoms with E-state index in [1.54, 1.807) is 13.8 Å². The van der Waals surface area contributed by atoms with Crippen molar-refractivity contribution in [3.63, 3.8) is 0 Å². The Balaban J connectivity index is 1.37. The summed E-state index contributed by atoms with van der Waals surface area (Å²) in [7, 11) is 0. The van der Waals surface area contributed by atoms with Gasteiger partial charge in [-0.25, -0.2) is 9.59 Å². The number of likely N-dealkylation sites (tertiary alicyclic amines) is 1. The van der Waals surface area contributed by atoms with Gasteiger partial charge in [-0.3, -0.25) is 4.79 Å². The summed E-state index contributed by atoms with van der Waals surface area (Å²) in [6, 6.07) is 15.0. The number of fused-ring (bicyclic) bond motifs is 3. The molecule has 0 radical (unpaired) electrons. The van der Waals surface area contributed by atoms with Gasteiger partial charge >= 0.3 is 12.1 Å². The zero-order valence-electron chi connectivity index (χ0n) is 20.4. The SMILES string of the molecule is CC(NC(=O)OCC1c2ccccc2-c2ccccc21)C(C)C(=O)N1CCCCCCC1C(=O)O. The number of benzene rings is 2. The Labute approximate surface area is 206 Å². The van der Waals surface area contributed by atoms with Crippen LogP contribution in [0.3, 0.4) is 0 Å². The van der Waals surface area contributed by atoms with Crippen molar-refractivity contribution in [1.29, 1.82) is 0 Å². The minimum Gasteiger partial charge on any atom is -0.480 e. The molecule has 0 saturated carbocycles. The minimum atomic E-state index is -0.968. The number of carbonyl (C=O) groups is 3. The van der Waals surface area contributed by atoms with E-state index >= 15 is 0 Å². The monoisotopic (exact) mass is 478 g/mol. The van der Waals surface area contributed by atoms with E-state index in [0.717, 1.165) is 47.9 Å². The first-order chi connectivity index (χ1) is 16.9. The maximum Gasteiger partial charge on any atom is 0.407 e. The predicted molar refractivity (Wildman–Crippen MR) is 133 cm³/mol. The summed E-state index contributed by atoms with van der Waals surface area (Å²) in [5.74, 6) is -1.83. The fraction of sp³-hybridized carbons (Fsp3) is 0.464. The number of nitrogens with zero attached hydrogens (tertiary/aromatic N) is 1. The van der Waals surface area contributed by atoms with E-state index in [-0.39, 0.29) is 18.4 Å². The molecule has 3 unspecified atom stereocenters. The van der Waals surface area contributed by atoms with Crippen LogP contribution in [0, 0.1) is 5.92 Å². The number of alkyl carbamates (subject to hydrolysis) is 1. The highest BCUT2D eigenvalue weighted by Crippen LogP contribution is 2.44. The Hall–Kier alpha value is -3.35. The van der Waals surface area contributed by atoms with Crippen molar-refractivity contribution < 1.29 is 24.2 Å². The van der Waals surface area contributed by atoms with E-state index in [4.69, 9.17) is 4.74 Å². The van der Waals surface area contributed by atoms with Crippen LogP contribution in [0.4, 0.5) is 4.79 Å². The molecule has 2 aliphatic rings. The van der Waals surface area contributed by atoms with E-state index in [1.165, 1.54) is 4.90 Å². The molecule has 2 amide bonds. The summed E-state index contributed by atoms with van der Waals surface area (Å²) in [4.78, 5) is 39.2. The van der Waals surface area contributed by atoms with E-state index < -0.39 is 30.1 Å². The number of carboxylic acids is 1. The van der Waals surface area contributed by atoms with Gasteiger partial charge in [0.05, 0.1) is 5.92 Å². The van der Waals surface area contributed by atoms with Gasteiger partial charge in [-0.05, 0) is 42.0 Å². The third-order valence-corrected chi connectivity index (χ3v) is 7.40. The van der Waals surface area contributed by atoms with E-state index in [9.17, 15) is 19.5 Å². The van der Waals surface area contributed by atoms with Gasteiger partial charge in [0.15, 0.2) is 0 Å². The van der Waals surface area contributed by atoms with Crippen molar-refractivity contribution >= 4 is 18.0 Å². The molecule has 2 aromatic carbocycles. The van der Waals surface area contributed by atoms with E-state index in [2.05, 4.69) is 29.6 Å². The highest BCUT2D eigenvalue weighted by atomic mass is 16.5. The molecule has 186 valence electrons. The number of aliphatic carboxylic acids is 1. The topological polar surface area (TPSA) is 95.9 Å². The molecular formula is C28H34N2O5. The molecule has 3 atom stereocenters. The van der Waals surface area contributed by atoms with Crippen LogP contribution < -0.4 is 5.32 Å². The minimum absolute atomic E-state index is 0.0418. The summed E-state index contributed by atoms with van der Waals surface area (Å²) < 4.78 is 5.61. The number of carboxylic acid groups (broad SMARTS) is 1. The molecule has 1 aliphatic carbocycles. The van der Waals surface area contributed by atoms with Crippen LogP contribution >= 0.6 is 0 Å². The van der Waals surface area contributed by atoms with E-state index in [0.29, 0.717) is 13.0 Å². The molecule has 1 aliphatic heterocycles. The van der Waals surface area contributed by atoms with Gasteiger partial charge in [0.2, 0.25) is 5.91 Å². The van der Waals surface area contributed by atoms with Crippen molar-refractivity contribution in [1.82, 2.24) is 10.2 Å². The average molecular weight is 479 g/mol. The molecule has 35 heavy (non-hydrogen) atoms. The molecule has 1 heterocycles. The van der Waals surface area contributed by atoms with Crippen molar-refractivity contribution in [3.8, 4) is 11.1 Å². The van der Waals surface area contributed by atoms with Crippen LogP contribution in [-0.2, 0) is 14.3 Å². The first kappa shape index (κ1) is 24.8. The first-order valence-corrected chi connectivity index (χ1v) is 12.5. The highest BCUT2D eigenvalue weighted by molar-refractivity contribution is 5.86. The predicted octanol–water partition coefficient (Wildman–Crippen LogP) is 4.80. The lowest BCUT2D eigenvalue weighted by molar-refractivity contribution is -0.153. The number of carbonyl (C=O) groups excluding carboxylic acids is 2. The summed E-state index contributed by atoms with van der Waals surface area (Å²) in [6.07, 6.45) is 3.43. The second-order valence-electron chi connectivity index (χ2n) is 9.64. The van der Waals surface area contributed by atoms with Crippen LogP contribution in [0.2, 0.25) is 0 Å². The number of hydrogen-bond acceptors (Lipinski definition) is 4. The molecule has 1 fully saturated rings. The van der Waals surface area contributed by atoms with Crippen LogP contribution in [0.5, 0.6) is 0 Å². The van der Waals surface area contributed by atoms with Gasteiger partial charge in [0, 0.05) is 18.5 Å². The maximum absolute atomic E-state index is 13.2. The lowest BCUT2D eigenvalue weighted by Crippen LogP contribution is -2.52. The zero-order valence-corrected chi connectivity index (χ0v) is 20.4. The van der Waals surface area contributed by atoms with Crippen LogP contribution in [0.25, 0.3) is 11.1 Å². The summed E-state index contributed by atoms with van der Waals surface area (Å²) in [5, 5.41) is 12.5. The maximum atomic E-state index is 13.2. The van der Waals surface area contributed by atoms with Gasteiger partial charge in [0.1, 0.15) is 12.6 Å². The highest BCUT2D eigenvalue weighted by Gasteiger charge is 2.35. The Morgan fingerprint density at radius 2 is 1.57 bits per heavy atom.